The van der Waals surface area contributed by atoms with E-state index >= 15 is 0 Å². The number of nitrogens with zero attached hydrogens (tertiary/aromatic N) is 4. The van der Waals surface area contributed by atoms with Crippen molar-refractivity contribution in [3.63, 3.8) is 0 Å². The van der Waals surface area contributed by atoms with Gasteiger partial charge in [-0.2, -0.15) is 0 Å². The van der Waals surface area contributed by atoms with Crippen LogP contribution in [0.2, 0.25) is 18.1 Å². The van der Waals surface area contributed by atoms with Crippen LogP contribution in [0.5, 0.6) is 0 Å². The predicted molar refractivity (Wildman–Crippen MR) is 107 cm³/mol. The Balaban J connectivity index is 2.30. The lowest BCUT2D eigenvalue weighted by atomic mass is 9.98. The van der Waals surface area contributed by atoms with Crippen LogP contribution in [0.3, 0.4) is 0 Å². The fraction of sp³-hybridized carbons (Fsp3) is 0.765. The van der Waals surface area contributed by atoms with Crippen LogP contribution in [0.15, 0.2) is 20.9 Å². The first-order valence-corrected chi connectivity index (χ1v) is 12.1. The SMILES string of the molecule is Cc1cn([C@@H]2O[C@H](CO[Si](C)(C)C(C)(C)C)[C@@H](CN=[N+]=[N-])[C@H]2O)c(=O)[nH]c1=O. The number of nitrogens with one attached hydrogen (secondary N) is 1. The summed E-state index contributed by atoms with van der Waals surface area (Å²) >= 11 is 0. The average Bonchev–Trinajstić information content (AvgIpc) is 2.89. The summed E-state index contributed by atoms with van der Waals surface area (Å²) in [5.41, 5.74) is 7.84. The van der Waals surface area contributed by atoms with E-state index in [1.165, 1.54) is 6.20 Å². The average molecular weight is 412 g/mol. The fourth-order valence-electron chi connectivity index (χ4n) is 2.82. The molecule has 11 heteroatoms. The molecule has 2 rings (SSSR count). The molecule has 0 spiro atoms. The van der Waals surface area contributed by atoms with Crippen molar-refractivity contribution in [2.75, 3.05) is 13.2 Å². The Kier molecular flexibility index (Phi) is 6.57. The van der Waals surface area contributed by atoms with Gasteiger partial charge in [-0.1, -0.05) is 25.9 Å². The second kappa shape index (κ2) is 8.22. The molecule has 0 aliphatic carbocycles. The van der Waals surface area contributed by atoms with Gasteiger partial charge >= 0.3 is 5.69 Å². The Labute approximate surface area is 164 Å². The molecule has 1 aromatic heterocycles. The first-order chi connectivity index (χ1) is 12.9. The number of rotatable bonds is 6. The minimum absolute atomic E-state index is 0.00308. The van der Waals surface area contributed by atoms with Gasteiger partial charge in [0.1, 0.15) is 6.10 Å². The zero-order chi connectivity index (χ0) is 21.3. The zero-order valence-corrected chi connectivity index (χ0v) is 18.2. The standard InChI is InChI=1S/C17H29N5O5Si/c1-10-8-22(16(25)20-14(10)24)15-13(23)11(7-19-21-18)12(27-15)9-26-28(5,6)17(2,3)4/h8,11-13,15,23H,7,9H2,1-6H3,(H,20,24,25)/t11-,12-,13-,15-/m1/s1. The second-order valence-electron chi connectivity index (χ2n) is 8.68. The minimum Gasteiger partial charge on any atom is -0.414 e. The van der Waals surface area contributed by atoms with Crippen LogP contribution in [0.4, 0.5) is 0 Å². The molecule has 156 valence electrons. The molecule has 0 aromatic carbocycles. The molecule has 1 aromatic rings. The lowest BCUT2D eigenvalue weighted by Crippen LogP contribution is -2.44. The summed E-state index contributed by atoms with van der Waals surface area (Å²) in [6, 6.07) is 0. The summed E-state index contributed by atoms with van der Waals surface area (Å²) in [6.07, 6.45) is -1.30. The van der Waals surface area contributed by atoms with E-state index < -0.39 is 43.9 Å². The maximum atomic E-state index is 12.2. The maximum Gasteiger partial charge on any atom is 0.330 e. The van der Waals surface area contributed by atoms with Gasteiger partial charge in [-0.25, -0.2) is 4.79 Å². The summed E-state index contributed by atoms with van der Waals surface area (Å²) in [4.78, 5) is 28.8. The van der Waals surface area contributed by atoms with E-state index in [-0.39, 0.29) is 18.2 Å². The van der Waals surface area contributed by atoms with Crippen molar-refractivity contribution in [2.45, 2.75) is 64.3 Å². The zero-order valence-electron chi connectivity index (χ0n) is 17.2. The molecule has 0 unspecified atom stereocenters. The van der Waals surface area contributed by atoms with Gasteiger partial charge in [-0.15, -0.1) is 0 Å². The van der Waals surface area contributed by atoms with Crippen LogP contribution in [-0.2, 0) is 9.16 Å². The number of hydrogen-bond donors (Lipinski definition) is 2. The van der Waals surface area contributed by atoms with E-state index in [2.05, 4.69) is 48.9 Å². The van der Waals surface area contributed by atoms with Crippen LogP contribution in [0.25, 0.3) is 10.4 Å². The molecule has 0 saturated carbocycles. The van der Waals surface area contributed by atoms with Crippen LogP contribution in [0.1, 0.15) is 32.6 Å². The Hall–Kier alpha value is -1.91. The van der Waals surface area contributed by atoms with Crippen molar-refractivity contribution < 1.29 is 14.3 Å². The number of aromatic amines is 1. The normalized spacial score (nSPS) is 25.5. The Morgan fingerprint density at radius 2 is 2.07 bits per heavy atom. The van der Waals surface area contributed by atoms with Crippen molar-refractivity contribution in [2.24, 2.45) is 11.0 Å². The summed E-state index contributed by atoms with van der Waals surface area (Å²) in [5.74, 6) is -0.537. The van der Waals surface area contributed by atoms with E-state index in [1.54, 1.807) is 6.92 Å². The smallest absolute Gasteiger partial charge is 0.330 e. The van der Waals surface area contributed by atoms with Crippen molar-refractivity contribution in [1.29, 1.82) is 0 Å². The molecule has 2 N–H and O–H groups in total. The molecule has 10 nitrogen and oxygen atoms in total. The van der Waals surface area contributed by atoms with Gasteiger partial charge in [-0.05, 0) is 30.6 Å². The van der Waals surface area contributed by atoms with Gasteiger partial charge in [0.25, 0.3) is 5.56 Å². The molecule has 28 heavy (non-hydrogen) atoms. The first-order valence-electron chi connectivity index (χ1n) is 9.19. The van der Waals surface area contributed by atoms with Gasteiger partial charge in [0.15, 0.2) is 14.5 Å². The number of aryl methyl sites for hydroxylation is 1. The molecule has 1 fully saturated rings. The summed E-state index contributed by atoms with van der Waals surface area (Å²) in [6.45, 7) is 12.3. The number of aliphatic hydroxyl groups is 1. The molecular weight excluding hydrogens is 382 g/mol. The fourth-order valence-corrected chi connectivity index (χ4v) is 3.84. The highest BCUT2D eigenvalue weighted by molar-refractivity contribution is 6.74. The van der Waals surface area contributed by atoms with Crippen molar-refractivity contribution in [3.8, 4) is 0 Å². The number of H-pyrrole nitrogens is 1. The molecule has 0 bridgehead atoms. The quantitative estimate of drug-likeness (QED) is 0.319. The third-order valence-electron chi connectivity index (χ3n) is 5.71. The Bertz CT molecular complexity index is 868. The van der Waals surface area contributed by atoms with Crippen molar-refractivity contribution >= 4 is 8.32 Å². The number of ether oxygens (including phenoxy) is 1. The molecule has 4 atom stereocenters. The highest BCUT2D eigenvalue weighted by Gasteiger charge is 2.46. The van der Waals surface area contributed by atoms with Crippen molar-refractivity contribution in [1.82, 2.24) is 9.55 Å². The van der Waals surface area contributed by atoms with E-state index in [0.29, 0.717) is 5.56 Å². The second-order valence-corrected chi connectivity index (χ2v) is 13.5. The van der Waals surface area contributed by atoms with Gasteiger partial charge in [0.2, 0.25) is 0 Å². The molecule has 0 amide bonds. The molecule has 1 aliphatic heterocycles. The minimum atomic E-state index is -2.06. The lowest BCUT2D eigenvalue weighted by molar-refractivity contribution is -0.0519. The van der Waals surface area contributed by atoms with E-state index in [4.69, 9.17) is 14.7 Å². The first kappa shape index (κ1) is 22.4. The summed E-state index contributed by atoms with van der Waals surface area (Å²) in [5, 5.41) is 14.3. The number of azide groups is 1. The Morgan fingerprint density at radius 3 is 2.64 bits per heavy atom. The number of aromatic nitrogens is 2. The van der Waals surface area contributed by atoms with Crippen molar-refractivity contribution in [3.05, 3.63) is 43.0 Å². The molecule has 0 radical (unpaired) electrons. The molecule has 1 aliphatic rings. The molecule has 1 saturated heterocycles. The highest BCUT2D eigenvalue weighted by atomic mass is 28.4. The van der Waals surface area contributed by atoms with Crippen LogP contribution in [-0.4, -0.2) is 48.3 Å². The largest absolute Gasteiger partial charge is 0.414 e. The topological polar surface area (TPSA) is 142 Å². The molecule has 2 heterocycles. The van der Waals surface area contributed by atoms with Crippen LogP contribution in [0, 0.1) is 12.8 Å². The highest BCUT2D eigenvalue weighted by Crippen LogP contribution is 2.39. The number of hydrogen-bond acceptors (Lipinski definition) is 6. The maximum absolute atomic E-state index is 12.2. The van der Waals surface area contributed by atoms with Gasteiger partial charge in [0.05, 0.1) is 12.7 Å². The van der Waals surface area contributed by atoms with E-state index in [0.717, 1.165) is 4.57 Å². The summed E-state index contributed by atoms with van der Waals surface area (Å²) in [7, 11) is -2.06. The van der Waals surface area contributed by atoms with E-state index in [1.807, 2.05) is 0 Å². The van der Waals surface area contributed by atoms with Crippen LogP contribution >= 0.6 is 0 Å². The number of aliphatic hydroxyl groups excluding tert-OH is 1. The third kappa shape index (κ3) is 4.56. The van der Waals surface area contributed by atoms with Gasteiger partial charge in [-0.3, -0.25) is 14.3 Å². The van der Waals surface area contributed by atoms with Gasteiger partial charge in [0, 0.05) is 29.1 Å². The van der Waals surface area contributed by atoms with Gasteiger partial charge < -0.3 is 14.3 Å². The Morgan fingerprint density at radius 1 is 1.43 bits per heavy atom. The molecular formula is C17H29N5O5Si. The monoisotopic (exact) mass is 411 g/mol. The third-order valence-corrected chi connectivity index (χ3v) is 10.2. The predicted octanol–water partition coefficient (Wildman–Crippen LogP) is 2.05. The summed E-state index contributed by atoms with van der Waals surface area (Å²) < 4.78 is 13.3. The van der Waals surface area contributed by atoms with E-state index in [9.17, 15) is 14.7 Å². The lowest BCUT2D eigenvalue weighted by Gasteiger charge is -2.37. The van der Waals surface area contributed by atoms with Crippen LogP contribution < -0.4 is 11.2 Å².